The Kier molecular flexibility index (Phi) is 4.19. The summed E-state index contributed by atoms with van der Waals surface area (Å²) in [6, 6.07) is 18.6. The van der Waals surface area contributed by atoms with Gasteiger partial charge in [-0.1, -0.05) is 60.7 Å². The number of piperidine rings is 1. The van der Waals surface area contributed by atoms with Crippen LogP contribution in [0.2, 0.25) is 0 Å². The van der Waals surface area contributed by atoms with Crippen molar-refractivity contribution in [1.82, 2.24) is 4.90 Å². The van der Waals surface area contributed by atoms with E-state index in [1.54, 1.807) is 11.0 Å². The van der Waals surface area contributed by atoms with Crippen LogP contribution in [0.5, 0.6) is 0 Å². The number of rotatable bonds is 5. The second kappa shape index (κ2) is 6.88. The molecule has 1 aliphatic carbocycles. The van der Waals surface area contributed by atoms with Crippen molar-refractivity contribution >= 4 is 17.8 Å². The van der Waals surface area contributed by atoms with Crippen LogP contribution in [0.1, 0.15) is 11.1 Å². The molecule has 0 spiro atoms. The van der Waals surface area contributed by atoms with Gasteiger partial charge in [0.15, 0.2) is 0 Å². The Labute approximate surface area is 167 Å². The summed E-state index contributed by atoms with van der Waals surface area (Å²) in [7, 11) is 0. The van der Waals surface area contributed by atoms with Gasteiger partial charge in [0.1, 0.15) is 18.4 Å². The highest BCUT2D eigenvalue weighted by Gasteiger charge is 2.63. The quantitative estimate of drug-likeness (QED) is 0.580. The molecule has 2 aromatic carbocycles. The minimum absolute atomic E-state index is 0.168. The largest absolute Gasteiger partial charge is 0.491 e. The molecule has 0 aromatic heterocycles. The number of cyclic esters (lactones) is 2. The van der Waals surface area contributed by atoms with E-state index in [0.29, 0.717) is 18.9 Å². The molecule has 2 bridgehead atoms. The van der Waals surface area contributed by atoms with E-state index in [9.17, 15) is 14.4 Å². The lowest BCUT2D eigenvalue weighted by atomic mass is 9.68. The normalized spacial score (nSPS) is 27.5. The lowest BCUT2D eigenvalue weighted by Crippen LogP contribution is -2.61. The fraction of sp³-hybridized carbons (Fsp3) is 0.261. The van der Waals surface area contributed by atoms with Gasteiger partial charge in [0.2, 0.25) is 5.91 Å². The minimum Gasteiger partial charge on any atom is -0.491 e. The van der Waals surface area contributed by atoms with Gasteiger partial charge in [-0.15, -0.1) is 0 Å². The standard InChI is InChI=1S/C23H19NO5/c25-21-16-11-17(28-13-15-9-5-2-6-10-15)20(19-18(16)22(26)29-23(19)27)24(21)12-14-7-3-1-4-8-14/h1-11,16,18-20H,12-13H2/t16-,18+,19+,20+/m0/s1. The van der Waals surface area contributed by atoms with E-state index < -0.39 is 35.7 Å². The molecule has 146 valence electrons. The maximum Gasteiger partial charge on any atom is 0.320 e. The topological polar surface area (TPSA) is 72.9 Å². The van der Waals surface area contributed by atoms with Gasteiger partial charge in [-0.2, -0.15) is 0 Å². The first-order valence-corrected chi connectivity index (χ1v) is 9.62. The molecular weight excluding hydrogens is 370 g/mol. The summed E-state index contributed by atoms with van der Waals surface area (Å²) in [6.45, 7) is 0.668. The molecule has 0 N–H and O–H groups in total. The van der Waals surface area contributed by atoms with Crippen LogP contribution < -0.4 is 0 Å². The van der Waals surface area contributed by atoms with Gasteiger partial charge < -0.3 is 14.4 Å². The van der Waals surface area contributed by atoms with E-state index in [1.807, 2.05) is 60.7 Å². The zero-order chi connectivity index (χ0) is 20.0. The molecule has 3 heterocycles. The Bertz CT molecular complexity index is 1000. The van der Waals surface area contributed by atoms with E-state index in [2.05, 4.69) is 0 Å². The molecular formula is C23H19NO5. The maximum absolute atomic E-state index is 13.1. The van der Waals surface area contributed by atoms with E-state index >= 15 is 0 Å². The average Bonchev–Trinajstić information content (AvgIpc) is 3.05. The molecule has 6 nitrogen and oxygen atoms in total. The first-order valence-electron chi connectivity index (χ1n) is 9.62. The van der Waals surface area contributed by atoms with Gasteiger partial charge in [-0.3, -0.25) is 14.4 Å². The van der Waals surface area contributed by atoms with Crippen LogP contribution in [-0.2, 0) is 37.0 Å². The van der Waals surface area contributed by atoms with Crippen molar-refractivity contribution < 1.29 is 23.9 Å². The molecule has 2 saturated heterocycles. The highest BCUT2D eigenvalue weighted by Crippen LogP contribution is 2.48. The fourth-order valence-electron chi connectivity index (χ4n) is 4.51. The Morgan fingerprint density at radius 2 is 1.45 bits per heavy atom. The van der Waals surface area contributed by atoms with Crippen LogP contribution in [0.15, 0.2) is 72.5 Å². The lowest BCUT2D eigenvalue weighted by Gasteiger charge is -2.47. The molecule has 3 aliphatic heterocycles. The van der Waals surface area contributed by atoms with Gasteiger partial charge in [-0.05, 0) is 17.2 Å². The molecule has 1 amide bonds. The Morgan fingerprint density at radius 1 is 0.828 bits per heavy atom. The molecule has 29 heavy (non-hydrogen) atoms. The molecule has 2 aromatic rings. The average molecular weight is 389 g/mol. The third-order valence-electron chi connectivity index (χ3n) is 5.84. The van der Waals surface area contributed by atoms with Crippen LogP contribution in [-0.4, -0.2) is 28.8 Å². The zero-order valence-corrected chi connectivity index (χ0v) is 15.6. The molecule has 6 rings (SSSR count). The Morgan fingerprint density at radius 3 is 2.14 bits per heavy atom. The predicted molar refractivity (Wildman–Crippen MR) is 102 cm³/mol. The van der Waals surface area contributed by atoms with Gasteiger partial charge in [0, 0.05) is 6.54 Å². The van der Waals surface area contributed by atoms with Crippen molar-refractivity contribution in [1.29, 1.82) is 0 Å². The summed E-state index contributed by atoms with van der Waals surface area (Å²) in [5.41, 5.74) is 1.93. The van der Waals surface area contributed by atoms with E-state index in [4.69, 9.17) is 9.47 Å². The number of nitrogens with zero attached hydrogens (tertiary/aromatic N) is 1. The summed E-state index contributed by atoms with van der Waals surface area (Å²) in [6.07, 6.45) is 1.71. The van der Waals surface area contributed by atoms with Gasteiger partial charge in [-0.25, -0.2) is 0 Å². The maximum atomic E-state index is 13.1. The second-order valence-corrected chi connectivity index (χ2v) is 7.56. The number of carbonyl (C=O) groups is 3. The minimum atomic E-state index is -0.754. The number of benzene rings is 2. The summed E-state index contributed by atoms with van der Waals surface area (Å²) < 4.78 is 11.0. The third-order valence-corrected chi connectivity index (χ3v) is 5.84. The number of esters is 2. The van der Waals surface area contributed by atoms with Gasteiger partial charge in [0.05, 0.1) is 17.8 Å². The Balaban J connectivity index is 1.48. The van der Waals surface area contributed by atoms with Crippen LogP contribution in [0.4, 0.5) is 0 Å². The number of hydrogen-bond donors (Lipinski definition) is 0. The van der Waals surface area contributed by atoms with E-state index in [-0.39, 0.29) is 5.91 Å². The van der Waals surface area contributed by atoms with Gasteiger partial charge in [0.25, 0.3) is 0 Å². The van der Waals surface area contributed by atoms with Crippen molar-refractivity contribution in [2.24, 2.45) is 17.8 Å². The molecule has 0 saturated carbocycles. The summed E-state index contributed by atoms with van der Waals surface area (Å²) in [5.74, 6) is -3.00. The zero-order valence-electron chi connectivity index (χ0n) is 15.6. The molecule has 0 unspecified atom stereocenters. The third kappa shape index (κ3) is 2.92. The SMILES string of the molecule is O=C1OC(=O)[C@H]2[C@@H]1[C@H]1C(OCc3ccccc3)=C[C@@H]2C(=O)N1Cc1ccccc1. The van der Waals surface area contributed by atoms with Crippen molar-refractivity contribution in [3.05, 3.63) is 83.6 Å². The molecule has 2 fully saturated rings. The van der Waals surface area contributed by atoms with Crippen molar-refractivity contribution in [3.63, 3.8) is 0 Å². The number of amides is 1. The second-order valence-electron chi connectivity index (χ2n) is 7.56. The van der Waals surface area contributed by atoms with Crippen LogP contribution in [0.3, 0.4) is 0 Å². The number of fused-ring (bicyclic) bond motifs is 1. The van der Waals surface area contributed by atoms with E-state index in [0.717, 1.165) is 11.1 Å². The van der Waals surface area contributed by atoms with Crippen molar-refractivity contribution in [3.8, 4) is 0 Å². The lowest BCUT2D eigenvalue weighted by molar-refractivity contribution is -0.155. The predicted octanol–water partition coefficient (Wildman–Crippen LogP) is 2.44. The van der Waals surface area contributed by atoms with Crippen LogP contribution in [0, 0.1) is 17.8 Å². The summed E-state index contributed by atoms with van der Waals surface area (Å²) in [5, 5.41) is 0. The van der Waals surface area contributed by atoms with Gasteiger partial charge >= 0.3 is 11.9 Å². The highest BCUT2D eigenvalue weighted by molar-refractivity contribution is 6.03. The fourth-order valence-corrected chi connectivity index (χ4v) is 4.51. The van der Waals surface area contributed by atoms with E-state index in [1.165, 1.54) is 0 Å². The smallest absolute Gasteiger partial charge is 0.320 e. The molecule has 6 heteroatoms. The number of hydrogen-bond acceptors (Lipinski definition) is 5. The monoisotopic (exact) mass is 389 g/mol. The molecule has 0 radical (unpaired) electrons. The Hall–Kier alpha value is -3.41. The number of carbonyl (C=O) groups excluding carboxylic acids is 3. The number of ether oxygens (including phenoxy) is 2. The van der Waals surface area contributed by atoms with Crippen LogP contribution >= 0.6 is 0 Å². The summed E-state index contributed by atoms with van der Waals surface area (Å²) in [4.78, 5) is 39.5. The first-order chi connectivity index (χ1) is 14.1. The summed E-state index contributed by atoms with van der Waals surface area (Å²) >= 11 is 0. The van der Waals surface area contributed by atoms with Crippen LogP contribution in [0.25, 0.3) is 0 Å². The first kappa shape index (κ1) is 17.7. The molecule has 4 atom stereocenters. The van der Waals surface area contributed by atoms with Crippen molar-refractivity contribution in [2.45, 2.75) is 19.2 Å². The highest BCUT2D eigenvalue weighted by atomic mass is 16.6. The van der Waals surface area contributed by atoms with Crippen molar-refractivity contribution in [2.75, 3.05) is 0 Å². The molecule has 4 aliphatic rings.